The lowest BCUT2D eigenvalue weighted by Gasteiger charge is -2.37. The third-order valence-corrected chi connectivity index (χ3v) is 3.12. The van der Waals surface area contributed by atoms with Gasteiger partial charge < -0.3 is 5.32 Å². The van der Waals surface area contributed by atoms with Crippen molar-refractivity contribution in [1.82, 2.24) is 0 Å². The SMILES string of the molecule is Cc1ccc2c(c1)C(C)(C)CC(C)N2. The van der Waals surface area contributed by atoms with Crippen LogP contribution in [-0.2, 0) is 5.41 Å². The van der Waals surface area contributed by atoms with Crippen LogP contribution >= 0.6 is 0 Å². The molecule has 0 saturated carbocycles. The summed E-state index contributed by atoms with van der Waals surface area (Å²) >= 11 is 0. The molecule has 1 N–H and O–H groups in total. The maximum absolute atomic E-state index is 3.54. The van der Waals surface area contributed by atoms with Crippen LogP contribution in [-0.4, -0.2) is 6.04 Å². The van der Waals surface area contributed by atoms with E-state index < -0.39 is 0 Å². The van der Waals surface area contributed by atoms with E-state index in [1.54, 1.807) is 0 Å². The number of hydrogen-bond donors (Lipinski definition) is 1. The summed E-state index contributed by atoms with van der Waals surface area (Å²) in [4.78, 5) is 0. The molecule has 2 rings (SSSR count). The van der Waals surface area contributed by atoms with E-state index >= 15 is 0 Å². The first-order valence-corrected chi connectivity index (χ1v) is 5.37. The van der Waals surface area contributed by atoms with E-state index in [1.807, 2.05) is 0 Å². The fourth-order valence-electron chi connectivity index (χ4n) is 2.54. The first kappa shape index (κ1) is 9.57. The number of benzene rings is 1. The monoisotopic (exact) mass is 189 g/mol. The minimum absolute atomic E-state index is 0.312. The summed E-state index contributed by atoms with van der Waals surface area (Å²) in [6.07, 6.45) is 1.21. The van der Waals surface area contributed by atoms with Crippen molar-refractivity contribution >= 4 is 5.69 Å². The maximum Gasteiger partial charge on any atom is 0.0380 e. The lowest BCUT2D eigenvalue weighted by Crippen LogP contribution is -2.34. The molecule has 0 amide bonds. The molecule has 0 bridgehead atoms. The molecule has 0 fully saturated rings. The van der Waals surface area contributed by atoms with Crippen molar-refractivity contribution in [3.63, 3.8) is 0 Å². The predicted molar refractivity (Wildman–Crippen MR) is 61.9 cm³/mol. The summed E-state index contributed by atoms with van der Waals surface area (Å²) in [5.74, 6) is 0. The first-order valence-electron chi connectivity index (χ1n) is 5.37. The normalized spacial score (nSPS) is 23.9. The van der Waals surface area contributed by atoms with Crippen molar-refractivity contribution in [1.29, 1.82) is 0 Å². The van der Waals surface area contributed by atoms with Crippen LogP contribution in [0.2, 0.25) is 0 Å². The first-order chi connectivity index (χ1) is 6.49. The highest BCUT2D eigenvalue weighted by Gasteiger charge is 2.30. The molecule has 1 heteroatoms. The Morgan fingerprint density at radius 2 is 2.07 bits per heavy atom. The van der Waals surface area contributed by atoms with Crippen LogP contribution in [0.15, 0.2) is 18.2 Å². The number of hydrogen-bond acceptors (Lipinski definition) is 1. The summed E-state index contributed by atoms with van der Waals surface area (Å²) < 4.78 is 0. The number of fused-ring (bicyclic) bond motifs is 1. The van der Waals surface area contributed by atoms with Crippen LogP contribution in [0.1, 0.15) is 38.3 Å². The number of rotatable bonds is 0. The molecule has 0 aromatic heterocycles. The van der Waals surface area contributed by atoms with Gasteiger partial charge in [-0.2, -0.15) is 0 Å². The highest BCUT2D eigenvalue weighted by Crippen LogP contribution is 2.39. The van der Waals surface area contributed by atoms with Gasteiger partial charge in [0.15, 0.2) is 0 Å². The molecule has 0 radical (unpaired) electrons. The smallest absolute Gasteiger partial charge is 0.0380 e. The summed E-state index contributed by atoms with van der Waals surface area (Å²) in [6.45, 7) is 9.09. The van der Waals surface area contributed by atoms with Crippen LogP contribution in [0.5, 0.6) is 0 Å². The second kappa shape index (κ2) is 3.01. The van der Waals surface area contributed by atoms with Gasteiger partial charge in [0.2, 0.25) is 0 Å². The molecular formula is C13H19N. The van der Waals surface area contributed by atoms with E-state index in [9.17, 15) is 0 Å². The van der Waals surface area contributed by atoms with E-state index in [0.717, 1.165) is 0 Å². The second-order valence-corrected chi connectivity index (χ2v) is 5.18. The van der Waals surface area contributed by atoms with Crippen molar-refractivity contribution in [2.45, 2.75) is 45.6 Å². The average molecular weight is 189 g/mol. The molecule has 0 spiro atoms. The van der Waals surface area contributed by atoms with Crippen LogP contribution in [0.4, 0.5) is 5.69 Å². The van der Waals surface area contributed by atoms with Crippen molar-refractivity contribution in [3.8, 4) is 0 Å². The largest absolute Gasteiger partial charge is 0.382 e. The van der Waals surface area contributed by atoms with Gasteiger partial charge in [0.25, 0.3) is 0 Å². The lowest BCUT2D eigenvalue weighted by molar-refractivity contribution is 0.434. The topological polar surface area (TPSA) is 12.0 Å². The molecule has 0 aliphatic carbocycles. The molecular weight excluding hydrogens is 170 g/mol. The quantitative estimate of drug-likeness (QED) is 0.659. The standard InChI is InChI=1S/C13H19N/c1-9-5-6-12-11(7-9)13(3,4)8-10(2)14-12/h5-7,10,14H,8H2,1-4H3. The number of aryl methyl sites for hydroxylation is 1. The molecule has 1 unspecified atom stereocenters. The predicted octanol–water partition coefficient (Wildman–Crippen LogP) is 3.48. The van der Waals surface area contributed by atoms with Gasteiger partial charge in [0, 0.05) is 11.7 Å². The van der Waals surface area contributed by atoms with E-state index in [2.05, 4.69) is 51.2 Å². The summed E-state index contributed by atoms with van der Waals surface area (Å²) in [5, 5.41) is 3.54. The van der Waals surface area contributed by atoms with Crippen molar-refractivity contribution in [2.24, 2.45) is 0 Å². The van der Waals surface area contributed by atoms with Crippen molar-refractivity contribution in [3.05, 3.63) is 29.3 Å². The van der Waals surface area contributed by atoms with Gasteiger partial charge in [-0.1, -0.05) is 31.5 Å². The minimum Gasteiger partial charge on any atom is -0.382 e. The van der Waals surface area contributed by atoms with Gasteiger partial charge in [-0.25, -0.2) is 0 Å². The Morgan fingerprint density at radius 1 is 1.36 bits per heavy atom. The summed E-state index contributed by atoms with van der Waals surface area (Å²) in [5.41, 5.74) is 4.45. The lowest BCUT2D eigenvalue weighted by atomic mass is 9.75. The highest BCUT2D eigenvalue weighted by atomic mass is 14.9. The number of anilines is 1. The number of nitrogens with one attached hydrogen (secondary N) is 1. The molecule has 1 nitrogen and oxygen atoms in total. The molecule has 1 atom stereocenters. The van der Waals surface area contributed by atoms with Crippen LogP contribution < -0.4 is 5.32 Å². The van der Waals surface area contributed by atoms with Crippen LogP contribution in [0.25, 0.3) is 0 Å². The molecule has 1 aromatic rings. The van der Waals surface area contributed by atoms with E-state index in [1.165, 1.54) is 23.2 Å². The molecule has 1 heterocycles. The van der Waals surface area contributed by atoms with E-state index in [4.69, 9.17) is 0 Å². The maximum atomic E-state index is 3.54. The van der Waals surface area contributed by atoms with Gasteiger partial charge in [-0.05, 0) is 37.3 Å². The molecule has 1 aliphatic rings. The highest BCUT2D eigenvalue weighted by molar-refractivity contribution is 5.58. The Balaban J connectivity index is 2.53. The molecule has 14 heavy (non-hydrogen) atoms. The molecule has 0 saturated heterocycles. The van der Waals surface area contributed by atoms with Crippen molar-refractivity contribution < 1.29 is 0 Å². The van der Waals surface area contributed by atoms with Gasteiger partial charge in [-0.3, -0.25) is 0 Å². The Hall–Kier alpha value is -0.980. The molecule has 1 aromatic carbocycles. The fraction of sp³-hybridized carbons (Fsp3) is 0.538. The average Bonchev–Trinajstić information content (AvgIpc) is 2.05. The van der Waals surface area contributed by atoms with Gasteiger partial charge in [-0.15, -0.1) is 0 Å². The molecule has 1 aliphatic heterocycles. The van der Waals surface area contributed by atoms with Gasteiger partial charge >= 0.3 is 0 Å². The van der Waals surface area contributed by atoms with Crippen LogP contribution in [0.3, 0.4) is 0 Å². The second-order valence-electron chi connectivity index (χ2n) is 5.18. The summed E-state index contributed by atoms with van der Waals surface area (Å²) in [7, 11) is 0. The van der Waals surface area contributed by atoms with E-state index in [-0.39, 0.29) is 0 Å². The fourth-order valence-corrected chi connectivity index (χ4v) is 2.54. The zero-order chi connectivity index (χ0) is 10.3. The molecule has 76 valence electrons. The third kappa shape index (κ3) is 1.52. The Kier molecular flexibility index (Phi) is 2.06. The zero-order valence-electron chi connectivity index (χ0n) is 9.52. The van der Waals surface area contributed by atoms with Gasteiger partial charge in [0.1, 0.15) is 0 Å². The summed E-state index contributed by atoms with van der Waals surface area (Å²) in [6, 6.07) is 7.29. The van der Waals surface area contributed by atoms with Crippen LogP contribution in [0, 0.1) is 6.92 Å². The van der Waals surface area contributed by atoms with Gasteiger partial charge in [0.05, 0.1) is 0 Å². The Labute approximate surface area is 86.5 Å². The van der Waals surface area contributed by atoms with E-state index in [0.29, 0.717) is 11.5 Å². The van der Waals surface area contributed by atoms with Crippen molar-refractivity contribution in [2.75, 3.05) is 5.32 Å². The zero-order valence-corrected chi connectivity index (χ0v) is 9.52. The third-order valence-electron chi connectivity index (χ3n) is 3.12. The minimum atomic E-state index is 0.312. The Morgan fingerprint density at radius 3 is 2.79 bits per heavy atom. The Bertz CT molecular complexity index is 352.